The lowest BCUT2D eigenvalue weighted by Gasteiger charge is -2.13. The smallest absolute Gasteiger partial charge is 0.208 e. The number of aryl methyl sites for hydroxylation is 1. The Labute approximate surface area is 387 Å². The molecule has 12 rings (SSSR count). The maximum Gasteiger partial charge on any atom is 0.272 e. The fraction of sp³-hybridized carbons (Fsp3) is 0.0167. The van der Waals surface area contributed by atoms with Crippen molar-refractivity contribution >= 4 is 38.2 Å². The molecule has 4 heterocycles. The van der Waals surface area contributed by atoms with Gasteiger partial charge in [0.05, 0.1) is 5.69 Å². The van der Waals surface area contributed by atoms with Crippen molar-refractivity contribution in [1.82, 2.24) is 29.9 Å². The third-order valence-corrected chi connectivity index (χ3v) is 12.2. The molecule has 0 aliphatic rings. The average Bonchev–Trinajstić information content (AvgIpc) is 3.41. The second-order valence-corrected chi connectivity index (χ2v) is 16.6. The topological polar surface area (TPSA) is 81.4 Å². The quantitative estimate of drug-likeness (QED) is 0.149. The van der Waals surface area contributed by atoms with Crippen molar-refractivity contribution in [2.75, 3.05) is 0 Å². The van der Waals surface area contributed by atoms with Gasteiger partial charge in [-0.05, 0) is 105 Å². The Morgan fingerprint density at radius 1 is 0.299 bits per heavy atom. The molecule has 0 radical (unpaired) electrons. The summed E-state index contributed by atoms with van der Waals surface area (Å²) in [6.45, 7) is 2.05. The Bertz CT molecular complexity index is 3860. The second-order valence-electron chi connectivity index (χ2n) is 16.6. The van der Waals surface area contributed by atoms with Crippen molar-refractivity contribution in [1.29, 1.82) is 0 Å². The molecule has 0 N–H and O–H groups in total. The number of hydrogen-bond donors (Lipinski definition) is 0. The van der Waals surface area contributed by atoms with Crippen molar-refractivity contribution in [2.24, 2.45) is 0 Å². The SMILES string of the molecule is Cc1cc2cc(n1)[n+]1c(-c3ccccc3)nc(-c3ccccc3)nc1c1cccc(c1)c1cc(-c3cccc(-c4nc(-c5ccccc5)nc(-c5ccccc5-c5ccccc5)n4)c3)ccc21. The summed E-state index contributed by atoms with van der Waals surface area (Å²) in [5.41, 5.74) is 11.3. The molecule has 0 amide bonds. The van der Waals surface area contributed by atoms with Gasteiger partial charge in [0.25, 0.3) is 5.82 Å². The Hall–Kier alpha value is -9.07. The van der Waals surface area contributed by atoms with Crippen LogP contribution in [0.5, 0.6) is 0 Å². The first-order valence-electron chi connectivity index (χ1n) is 22.4. The molecule has 0 spiro atoms. The summed E-state index contributed by atoms with van der Waals surface area (Å²) in [7, 11) is 0. The number of hydrogen-bond acceptors (Lipinski definition) is 6. The zero-order valence-electron chi connectivity index (χ0n) is 36.5. The number of nitrogens with zero attached hydrogens (tertiary/aromatic N) is 7. The van der Waals surface area contributed by atoms with Crippen molar-refractivity contribution in [2.45, 2.75) is 6.92 Å². The molecule has 0 aliphatic heterocycles. The van der Waals surface area contributed by atoms with Crippen molar-refractivity contribution in [3.8, 4) is 79.2 Å². The van der Waals surface area contributed by atoms with Gasteiger partial charge in [-0.3, -0.25) is 0 Å². The Balaban J connectivity index is 1.06. The number of aromatic nitrogens is 7. The summed E-state index contributed by atoms with van der Waals surface area (Å²) in [5, 5.41) is 5.27. The van der Waals surface area contributed by atoms with Crippen LogP contribution in [0.1, 0.15) is 5.69 Å². The van der Waals surface area contributed by atoms with Gasteiger partial charge in [0.2, 0.25) is 17.1 Å². The van der Waals surface area contributed by atoms with Crippen molar-refractivity contribution in [3.05, 3.63) is 230 Å². The highest BCUT2D eigenvalue weighted by Gasteiger charge is 2.22. The van der Waals surface area contributed by atoms with Crippen LogP contribution in [0.15, 0.2) is 224 Å². The van der Waals surface area contributed by atoms with Crippen LogP contribution in [-0.2, 0) is 0 Å². The van der Waals surface area contributed by atoms with Crippen molar-refractivity contribution < 1.29 is 4.40 Å². The molecule has 7 nitrogen and oxygen atoms in total. The molecule has 7 heteroatoms. The van der Waals surface area contributed by atoms with E-state index >= 15 is 0 Å². The van der Waals surface area contributed by atoms with E-state index in [9.17, 15) is 0 Å². The van der Waals surface area contributed by atoms with Crippen LogP contribution in [-0.4, -0.2) is 29.9 Å². The maximum atomic E-state index is 5.33. The average molecular weight is 859 g/mol. The van der Waals surface area contributed by atoms with Crippen LogP contribution in [0, 0.1) is 6.92 Å². The van der Waals surface area contributed by atoms with Gasteiger partial charge in [0, 0.05) is 39.3 Å². The van der Waals surface area contributed by atoms with E-state index in [-0.39, 0.29) is 0 Å². The van der Waals surface area contributed by atoms with Crippen molar-refractivity contribution in [3.63, 3.8) is 0 Å². The van der Waals surface area contributed by atoms with E-state index in [0.29, 0.717) is 23.3 Å². The minimum absolute atomic E-state index is 0.600. The summed E-state index contributed by atoms with van der Waals surface area (Å²) in [6, 6.07) is 77.5. The van der Waals surface area contributed by atoms with E-state index in [1.807, 2.05) is 78.9 Å². The highest BCUT2D eigenvalue weighted by molar-refractivity contribution is 6.08. The molecule has 314 valence electrons. The molecule has 0 unspecified atom stereocenters. The first kappa shape index (κ1) is 39.5. The van der Waals surface area contributed by atoms with Crippen LogP contribution >= 0.6 is 0 Å². The lowest BCUT2D eigenvalue weighted by Crippen LogP contribution is -2.29. The Morgan fingerprint density at radius 3 is 1.55 bits per heavy atom. The fourth-order valence-electron chi connectivity index (χ4n) is 9.02. The van der Waals surface area contributed by atoms with Gasteiger partial charge in [0.1, 0.15) is 0 Å². The number of fused-ring (bicyclic) bond motifs is 10. The van der Waals surface area contributed by atoms with Gasteiger partial charge < -0.3 is 0 Å². The second kappa shape index (κ2) is 16.8. The molecule has 12 aromatic rings. The third-order valence-electron chi connectivity index (χ3n) is 12.2. The molecule has 8 aromatic carbocycles. The van der Waals surface area contributed by atoms with Crippen LogP contribution in [0.25, 0.3) is 117 Å². The van der Waals surface area contributed by atoms with E-state index in [0.717, 1.165) is 99.8 Å². The zero-order valence-corrected chi connectivity index (χ0v) is 36.5. The molecular weight excluding hydrogens is 819 g/mol. The minimum Gasteiger partial charge on any atom is -0.208 e. The number of benzene rings is 8. The van der Waals surface area contributed by atoms with E-state index in [1.54, 1.807) is 0 Å². The highest BCUT2D eigenvalue weighted by atomic mass is 15.1. The first-order valence-corrected chi connectivity index (χ1v) is 22.4. The predicted molar refractivity (Wildman–Crippen MR) is 270 cm³/mol. The predicted octanol–water partition coefficient (Wildman–Crippen LogP) is 13.8. The van der Waals surface area contributed by atoms with Gasteiger partial charge in [-0.25, -0.2) is 15.0 Å². The standard InChI is InChI=1S/C60H40N7/c1-39-34-49-38-54(61-39)67-59(43-24-12-5-13-25-43)65-56(42-22-10-4-11-23-42)66-60(67)48-29-17-27-46(36-48)53-37-45(32-33-51(49)53)44-26-16-28-47(35-44)57-62-55(41-20-8-3-9-21-41)63-58(64-57)52-31-15-14-30-50(52)40-18-6-2-7-19-40/h2-38H,1H3/q+1. The monoisotopic (exact) mass is 858 g/mol. The number of rotatable bonds is 7. The molecule has 4 aromatic heterocycles. The maximum absolute atomic E-state index is 5.33. The van der Waals surface area contributed by atoms with Gasteiger partial charge in [-0.1, -0.05) is 164 Å². The lowest BCUT2D eigenvalue weighted by molar-refractivity contribution is -0.477. The molecular formula is C60H40N7+. The van der Waals surface area contributed by atoms with Crippen LogP contribution in [0.3, 0.4) is 0 Å². The molecule has 0 saturated carbocycles. The van der Waals surface area contributed by atoms with E-state index in [4.69, 9.17) is 29.9 Å². The number of pyridine rings is 1. The molecule has 0 saturated heterocycles. The molecule has 67 heavy (non-hydrogen) atoms. The highest BCUT2D eigenvalue weighted by Crippen LogP contribution is 2.35. The summed E-state index contributed by atoms with van der Waals surface area (Å²) in [4.78, 5) is 31.1. The van der Waals surface area contributed by atoms with Crippen LogP contribution < -0.4 is 4.40 Å². The van der Waals surface area contributed by atoms with Crippen LogP contribution in [0.2, 0.25) is 0 Å². The molecule has 4 bridgehead atoms. The van der Waals surface area contributed by atoms with Gasteiger partial charge in [-0.15, -0.1) is 15.0 Å². The Kier molecular flexibility index (Phi) is 9.91. The van der Waals surface area contributed by atoms with E-state index < -0.39 is 0 Å². The van der Waals surface area contributed by atoms with E-state index in [2.05, 4.69) is 157 Å². The minimum atomic E-state index is 0.600. The summed E-state index contributed by atoms with van der Waals surface area (Å²) >= 11 is 0. The van der Waals surface area contributed by atoms with E-state index in [1.165, 1.54) is 0 Å². The molecule has 0 atom stereocenters. The summed E-state index contributed by atoms with van der Waals surface area (Å²) < 4.78 is 2.11. The molecule has 0 aliphatic carbocycles. The lowest BCUT2D eigenvalue weighted by atomic mass is 9.97. The molecule has 0 fully saturated rings. The summed E-state index contributed by atoms with van der Waals surface area (Å²) in [5.74, 6) is 3.24. The zero-order chi connectivity index (χ0) is 44.7. The first-order chi connectivity index (χ1) is 33.1. The third kappa shape index (κ3) is 7.54. The van der Waals surface area contributed by atoms with Gasteiger partial charge >= 0.3 is 0 Å². The normalized spacial score (nSPS) is 11.4. The largest absolute Gasteiger partial charge is 0.272 e. The van der Waals surface area contributed by atoms with Gasteiger partial charge in [0.15, 0.2) is 17.5 Å². The Morgan fingerprint density at radius 2 is 0.836 bits per heavy atom. The van der Waals surface area contributed by atoms with Crippen LogP contribution in [0.4, 0.5) is 0 Å². The summed E-state index contributed by atoms with van der Waals surface area (Å²) in [6.07, 6.45) is 0. The van der Waals surface area contributed by atoms with Gasteiger partial charge in [-0.2, -0.15) is 4.40 Å². The fourth-order valence-corrected chi connectivity index (χ4v) is 9.02.